The molecule has 1 aromatic heterocycles. The van der Waals surface area contributed by atoms with Crippen LogP contribution in [0.4, 0.5) is 4.39 Å². The van der Waals surface area contributed by atoms with E-state index in [4.69, 9.17) is 9.47 Å². The number of para-hydroxylation sites is 1. The van der Waals surface area contributed by atoms with E-state index in [0.29, 0.717) is 30.9 Å². The lowest BCUT2D eigenvalue weighted by atomic mass is 10.1. The van der Waals surface area contributed by atoms with Gasteiger partial charge in [-0.15, -0.1) is 0 Å². The number of ether oxygens (including phenoxy) is 2. The molecule has 0 saturated carbocycles. The molecule has 6 nitrogen and oxygen atoms in total. The quantitative estimate of drug-likeness (QED) is 0.329. The van der Waals surface area contributed by atoms with E-state index in [1.54, 1.807) is 30.9 Å². The van der Waals surface area contributed by atoms with Gasteiger partial charge in [-0.3, -0.25) is 0 Å². The summed E-state index contributed by atoms with van der Waals surface area (Å²) in [4.78, 5) is 12.4. The van der Waals surface area contributed by atoms with Gasteiger partial charge in [0.1, 0.15) is 23.0 Å². The Morgan fingerprint density at radius 2 is 1.79 bits per heavy atom. The summed E-state index contributed by atoms with van der Waals surface area (Å²) in [6, 6.07) is 19.5. The van der Waals surface area contributed by atoms with Gasteiger partial charge in [-0.25, -0.2) is 9.18 Å². The molecule has 0 unspecified atom stereocenters. The average Bonchev–Trinajstić information content (AvgIpc) is 3.16. The number of hydrogen-bond acceptors (Lipinski definition) is 4. The second kappa shape index (κ2) is 10.4. The number of carboxylic acids is 1. The predicted octanol–water partition coefficient (Wildman–Crippen LogP) is 4.88. The highest BCUT2D eigenvalue weighted by molar-refractivity contribution is 5.98. The Bertz CT molecular complexity index is 1300. The van der Waals surface area contributed by atoms with E-state index in [-0.39, 0.29) is 11.5 Å². The number of carboxylic acid groups (broad SMARTS) is 1. The number of halogens is 1. The van der Waals surface area contributed by atoms with Crippen molar-refractivity contribution in [3.8, 4) is 11.5 Å². The molecule has 0 saturated heterocycles. The Kier molecular flexibility index (Phi) is 7.13. The zero-order valence-corrected chi connectivity index (χ0v) is 19.2. The number of hydrogen-bond donors (Lipinski definition) is 2. The smallest absolute Gasteiger partial charge is 0.352 e. The van der Waals surface area contributed by atoms with Crippen LogP contribution in [0.5, 0.6) is 11.5 Å². The Hall–Kier alpha value is -3.84. The first kappa shape index (κ1) is 23.3. The Labute approximate surface area is 197 Å². The maximum Gasteiger partial charge on any atom is 0.352 e. The summed E-state index contributed by atoms with van der Waals surface area (Å²) in [6.07, 6.45) is 0.745. The van der Waals surface area contributed by atoms with E-state index in [9.17, 15) is 14.3 Å². The molecule has 1 heterocycles. The summed E-state index contributed by atoms with van der Waals surface area (Å²) < 4.78 is 26.0. The van der Waals surface area contributed by atoms with E-state index in [0.717, 1.165) is 34.2 Å². The molecule has 0 fully saturated rings. The molecule has 0 aliphatic rings. The lowest BCUT2D eigenvalue weighted by molar-refractivity contribution is 0.0684. The summed E-state index contributed by atoms with van der Waals surface area (Å²) in [7, 11) is 3.22. The number of nitrogens with one attached hydrogen (secondary N) is 1. The first-order chi connectivity index (χ1) is 16.5. The fourth-order valence-corrected chi connectivity index (χ4v) is 4.23. The molecule has 0 aliphatic carbocycles. The van der Waals surface area contributed by atoms with Crippen LogP contribution < -0.4 is 14.8 Å². The molecule has 0 amide bonds. The topological polar surface area (TPSA) is 72.7 Å². The minimum Gasteiger partial charge on any atom is -0.497 e. The van der Waals surface area contributed by atoms with Crippen LogP contribution in [0.3, 0.4) is 0 Å². The van der Waals surface area contributed by atoms with Crippen LogP contribution in [0.15, 0.2) is 66.7 Å². The van der Waals surface area contributed by atoms with Gasteiger partial charge in [0.05, 0.1) is 19.7 Å². The van der Waals surface area contributed by atoms with E-state index < -0.39 is 5.97 Å². The summed E-state index contributed by atoms with van der Waals surface area (Å²) in [5.41, 5.74) is 3.55. The van der Waals surface area contributed by atoms with Gasteiger partial charge < -0.3 is 24.5 Å². The molecule has 0 aliphatic heterocycles. The van der Waals surface area contributed by atoms with Crippen molar-refractivity contribution >= 4 is 16.9 Å². The monoisotopic (exact) mass is 462 g/mol. The van der Waals surface area contributed by atoms with Crippen molar-refractivity contribution in [1.29, 1.82) is 0 Å². The van der Waals surface area contributed by atoms with Gasteiger partial charge in [0.25, 0.3) is 0 Å². The number of fused-ring (bicyclic) bond motifs is 1. The summed E-state index contributed by atoms with van der Waals surface area (Å²) in [6.45, 7) is 1.34. The molecular weight excluding hydrogens is 435 g/mol. The van der Waals surface area contributed by atoms with Gasteiger partial charge in [-0.2, -0.15) is 0 Å². The Morgan fingerprint density at radius 3 is 2.50 bits per heavy atom. The molecule has 2 N–H and O–H groups in total. The lowest BCUT2D eigenvalue weighted by Gasteiger charge is -2.11. The Balaban J connectivity index is 1.65. The summed E-state index contributed by atoms with van der Waals surface area (Å²) in [5, 5.41) is 14.4. The number of benzene rings is 3. The largest absolute Gasteiger partial charge is 0.497 e. The normalized spacial score (nSPS) is 11.0. The fourth-order valence-electron chi connectivity index (χ4n) is 4.23. The highest BCUT2D eigenvalue weighted by atomic mass is 19.1. The third-order valence-electron chi connectivity index (χ3n) is 5.90. The van der Waals surface area contributed by atoms with Gasteiger partial charge in [-0.05, 0) is 54.4 Å². The molecule has 7 heteroatoms. The predicted molar refractivity (Wildman–Crippen MR) is 129 cm³/mol. The SMILES string of the molecule is COc1ccc2c(CNCCc3ccccc3OC)c(C(=O)O)n(Cc3ccc(F)cc3)c2c1. The maximum atomic E-state index is 13.4. The number of nitrogens with zero attached hydrogens (tertiary/aromatic N) is 1. The van der Waals surface area contributed by atoms with Gasteiger partial charge in [0.15, 0.2) is 0 Å². The summed E-state index contributed by atoms with van der Waals surface area (Å²) >= 11 is 0. The number of aromatic nitrogens is 1. The van der Waals surface area contributed by atoms with E-state index in [2.05, 4.69) is 5.32 Å². The standard InChI is InChI=1S/C27H27FN2O4/c1-33-21-11-12-22-23(16-29-14-13-19-5-3-4-6-25(19)34-2)26(27(31)32)30(24(22)15-21)17-18-7-9-20(28)10-8-18/h3-12,15,29H,13-14,16-17H2,1-2H3,(H,31,32). The molecular formula is C27H27FN2O4. The van der Waals surface area contributed by atoms with Crippen LogP contribution in [0, 0.1) is 5.82 Å². The molecule has 0 bridgehead atoms. The third kappa shape index (κ3) is 4.89. The van der Waals surface area contributed by atoms with Crippen LogP contribution in [0.1, 0.15) is 27.2 Å². The molecule has 176 valence electrons. The molecule has 0 atom stereocenters. The Morgan fingerprint density at radius 1 is 1.03 bits per heavy atom. The molecule has 4 rings (SSSR count). The van der Waals surface area contributed by atoms with Crippen molar-refractivity contribution in [1.82, 2.24) is 9.88 Å². The van der Waals surface area contributed by atoms with Crippen LogP contribution in [0.2, 0.25) is 0 Å². The maximum absolute atomic E-state index is 13.4. The van der Waals surface area contributed by atoms with Gasteiger partial charge in [0, 0.05) is 30.1 Å². The minimum atomic E-state index is -1.01. The van der Waals surface area contributed by atoms with Crippen molar-refractivity contribution in [3.05, 3.63) is 94.9 Å². The van der Waals surface area contributed by atoms with Crippen molar-refractivity contribution in [2.45, 2.75) is 19.5 Å². The van der Waals surface area contributed by atoms with E-state index in [1.165, 1.54) is 12.1 Å². The summed E-state index contributed by atoms with van der Waals surface area (Å²) in [5.74, 6) is 0.122. The molecule has 3 aromatic carbocycles. The highest BCUT2D eigenvalue weighted by Gasteiger charge is 2.23. The van der Waals surface area contributed by atoms with E-state index >= 15 is 0 Å². The van der Waals surface area contributed by atoms with Crippen LogP contribution in [-0.4, -0.2) is 36.4 Å². The van der Waals surface area contributed by atoms with Gasteiger partial charge in [-0.1, -0.05) is 30.3 Å². The zero-order valence-electron chi connectivity index (χ0n) is 19.2. The first-order valence-corrected chi connectivity index (χ1v) is 11.0. The first-order valence-electron chi connectivity index (χ1n) is 11.0. The van der Waals surface area contributed by atoms with Crippen LogP contribution in [0.25, 0.3) is 10.9 Å². The molecule has 0 spiro atoms. The van der Waals surface area contributed by atoms with Crippen molar-refractivity contribution in [3.63, 3.8) is 0 Å². The number of rotatable bonds is 10. The lowest BCUT2D eigenvalue weighted by Crippen LogP contribution is -2.19. The number of aromatic carboxylic acids is 1. The highest BCUT2D eigenvalue weighted by Crippen LogP contribution is 2.31. The molecule has 34 heavy (non-hydrogen) atoms. The second-order valence-electron chi connectivity index (χ2n) is 7.97. The van der Waals surface area contributed by atoms with Crippen LogP contribution >= 0.6 is 0 Å². The van der Waals surface area contributed by atoms with Gasteiger partial charge in [0.2, 0.25) is 0 Å². The van der Waals surface area contributed by atoms with Gasteiger partial charge >= 0.3 is 5.97 Å². The van der Waals surface area contributed by atoms with E-state index in [1.807, 2.05) is 42.5 Å². The average molecular weight is 463 g/mol. The van der Waals surface area contributed by atoms with Crippen LogP contribution in [-0.2, 0) is 19.5 Å². The van der Waals surface area contributed by atoms with Crippen molar-refractivity contribution < 1.29 is 23.8 Å². The third-order valence-corrected chi connectivity index (χ3v) is 5.90. The molecule has 4 aromatic rings. The second-order valence-corrected chi connectivity index (χ2v) is 7.97. The number of methoxy groups -OCH3 is 2. The zero-order chi connectivity index (χ0) is 24.1. The molecule has 0 radical (unpaired) electrons. The van der Waals surface area contributed by atoms with Crippen molar-refractivity contribution in [2.24, 2.45) is 0 Å². The minimum absolute atomic E-state index is 0.206. The number of carbonyl (C=O) groups is 1. The fraction of sp³-hybridized carbons (Fsp3) is 0.222. The van der Waals surface area contributed by atoms with Crippen molar-refractivity contribution in [2.75, 3.05) is 20.8 Å².